The van der Waals surface area contributed by atoms with Gasteiger partial charge in [0.05, 0.1) is 5.52 Å². The fourth-order valence-electron chi connectivity index (χ4n) is 2.16. The smallest absolute Gasteiger partial charge is 0.134 e. The molecule has 1 aliphatic rings. The first kappa shape index (κ1) is 10.2. The summed E-state index contributed by atoms with van der Waals surface area (Å²) in [6.45, 7) is 1.97. The Labute approximate surface area is 99.6 Å². The first-order valence-corrected chi connectivity index (χ1v) is 5.75. The van der Waals surface area contributed by atoms with Crippen molar-refractivity contribution in [3.05, 3.63) is 36.2 Å². The van der Waals surface area contributed by atoms with Crippen LogP contribution in [0.25, 0.3) is 16.5 Å². The third-order valence-corrected chi connectivity index (χ3v) is 3.10. The highest BCUT2D eigenvalue weighted by Gasteiger charge is 2.08. The average molecular weight is 226 g/mol. The molecular weight excluding hydrogens is 212 g/mol. The van der Waals surface area contributed by atoms with Gasteiger partial charge in [-0.05, 0) is 36.2 Å². The van der Waals surface area contributed by atoms with Gasteiger partial charge in [0.25, 0.3) is 0 Å². The number of anilines is 1. The molecule has 0 saturated carbocycles. The van der Waals surface area contributed by atoms with Crippen molar-refractivity contribution >= 4 is 22.3 Å². The van der Waals surface area contributed by atoms with E-state index in [1.807, 2.05) is 6.07 Å². The van der Waals surface area contributed by atoms with E-state index in [0.29, 0.717) is 5.82 Å². The minimum absolute atomic E-state index is 0.548. The highest BCUT2D eigenvalue weighted by atomic mass is 14.9. The van der Waals surface area contributed by atoms with E-state index in [2.05, 4.69) is 33.5 Å². The summed E-state index contributed by atoms with van der Waals surface area (Å²) in [7, 11) is 0. The van der Waals surface area contributed by atoms with Crippen molar-refractivity contribution in [2.24, 2.45) is 0 Å². The number of nitrogen functional groups attached to an aromatic ring is 1. The van der Waals surface area contributed by atoms with Crippen LogP contribution >= 0.6 is 0 Å². The van der Waals surface area contributed by atoms with Gasteiger partial charge in [0, 0.05) is 11.9 Å². The molecule has 0 bridgehead atoms. The number of hydrogen-bond donors (Lipinski definition) is 2. The van der Waals surface area contributed by atoms with E-state index in [1.54, 1.807) is 0 Å². The monoisotopic (exact) mass is 226 g/mol. The van der Waals surface area contributed by atoms with Gasteiger partial charge in [0.1, 0.15) is 12.1 Å². The number of hydrogen-bond acceptors (Lipinski definition) is 4. The molecule has 1 aromatic heterocycles. The van der Waals surface area contributed by atoms with Gasteiger partial charge in [-0.2, -0.15) is 0 Å². The predicted molar refractivity (Wildman–Crippen MR) is 69.4 cm³/mol. The highest BCUT2D eigenvalue weighted by molar-refractivity contribution is 5.90. The van der Waals surface area contributed by atoms with Crippen molar-refractivity contribution in [1.82, 2.24) is 15.3 Å². The maximum atomic E-state index is 5.87. The summed E-state index contributed by atoms with van der Waals surface area (Å²) < 4.78 is 0. The quantitative estimate of drug-likeness (QED) is 0.775. The van der Waals surface area contributed by atoms with Gasteiger partial charge in [-0.25, -0.2) is 9.97 Å². The van der Waals surface area contributed by atoms with Crippen LogP contribution in [0.4, 0.5) is 5.82 Å². The molecule has 0 atom stereocenters. The molecule has 1 aliphatic heterocycles. The summed E-state index contributed by atoms with van der Waals surface area (Å²) in [4.78, 5) is 8.23. The zero-order valence-electron chi connectivity index (χ0n) is 9.48. The van der Waals surface area contributed by atoms with Crippen LogP contribution in [-0.2, 0) is 0 Å². The molecule has 0 fully saturated rings. The van der Waals surface area contributed by atoms with Crippen LogP contribution in [0.15, 0.2) is 30.6 Å². The van der Waals surface area contributed by atoms with E-state index in [4.69, 9.17) is 5.73 Å². The Morgan fingerprint density at radius 2 is 2.18 bits per heavy atom. The molecule has 3 rings (SSSR count). The highest BCUT2D eigenvalue weighted by Crippen LogP contribution is 2.25. The molecule has 0 spiro atoms. The lowest BCUT2D eigenvalue weighted by Gasteiger charge is -2.14. The third kappa shape index (κ3) is 1.87. The molecule has 86 valence electrons. The van der Waals surface area contributed by atoms with Crippen molar-refractivity contribution in [3.8, 4) is 0 Å². The number of rotatable bonds is 1. The Bertz CT molecular complexity index is 589. The molecule has 0 amide bonds. The SMILES string of the molecule is Nc1ncnc2ccc(C3=CCNCC3)cc12. The van der Waals surface area contributed by atoms with Gasteiger partial charge in [0.2, 0.25) is 0 Å². The standard InChI is InChI=1S/C13H14N4/c14-13-11-7-10(9-3-5-15-6-4-9)1-2-12(11)16-8-17-13/h1-3,7-8,15H,4-6H2,(H2,14,16,17). The summed E-state index contributed by atoms with van der Waals surface area (Å²) in [5.41, 5.74) is 9.36. The fraction of sp³-hybridized carbons (Fsp3) is 0.231. The van der Waals surface area contributed by atoms with Gasteiger partial charge in [0.15, 0.2) is 0 Å². The van der Waals surface area contributed by atoms with E-state index in [-0.39, 0.29) is 0 Å². The van der Waals surface area contributed by atoms with Crippen molar-refractivity contribution in [3.63, 3.8) is 0 Å². The van der Waals surface area contributed by atoms with Crippen molar-refractivity contribution in [1.29, 1.82) is 0 Å². The van der Waals surface area contributed by atoms with E-state index in [0.717, 1.165) is 30.4 Å². The van der Waals surface area contributed by atoms with Gasteiger partial charge >= 0.3 is 0 Å². The summed E-state index contributed by atoms with van der Waals surface area (Å²) in [6, 6.07) is 6.19. The van der Waals surface area contributed by atoms with Crippen LogP contribution in [0, 0.1) is 0 Å². The number of fused-ring (bicyclic) bond motifs is 1. The van der Waals surface area contributed by atoms with Crippen LogP contribution in [-0.4, -0.2) is 23.1 Å². The zero-order valence-corrected chi connectivity index (χ0v) is 9.48. The fourth-order valence-corrected chi connectivity index (χ4v) is 2.16. The van der Waals surface area contributed by atoms with Gasteiger partial charge in [-0.3, -0.25) is 0 Å². The van der Waals surface area contributed by atoms with E-state index in [1.165, 1.54) is 17.5 Å². The second-order valence-electron chi connectivity index (χ2n) is 4.17. The largest absolute Gasteiger partial charge is 0.383 e. The number of nitrogens with zero attached hydrogens (tertiary/aromatic N) is 2. The molecule has 0 radical (unpaired) electrons. The van der Waals surface area contributed by atoms with E-state index in [9.17, 15) is 0 Å². The minimum atomic E-state index is 0.548. The van der Waals surface area contributed by atoms with Crippen LogP contribution in [0.2, 0.25) is 0 Å². The molecule has 2 heterocycles. The molecule has 3 N–H and O–H groups in total. The van der Waals surface area contributed by atoms with Crippen molar-refractivity contribution in [2.75, 3.05) is 18.8 Å². The van der Waals surface area contributed by atoms with Crippen molar-refractivity contribution < 1.29 is 0 Å². The first-order chi connectivity index (χ1) is 8.34. The molecule has 1 aromatic carbocycles. The lowest BCUT2D eigenvalue weighted by atomic mass is 9.99. The predicted octanol–water partition coefficient (Wildman–Crippen LogP) is 1.59. The lowest BCUT2D eigenvalue weighted by molar-refractivity contribution is 0.739. The minimum Gasteiger partial charge on any atom is -0.383 e. The molecule has 0 aliphatic carbocycles. The Hall–Kier alpha value is -1.94. The van der Waals surface area contributed by atoms with E-state index < -0.39 is 0 Å². The second kappa shape index (κ2) is 4.14. The Morgan fingerprint density at radius 3 is 3.00 bits per heavy atom. The number of nitrogens with two attached hydrogens (primary N) is 1. The van der Waals surface area contributed by atoms with Crippen LogP contribution < -0.4 is 11.1 Å². The second-order valence-corrected chi connectivity index (χ2v) is 4.17. The zero-order chi connectivity index (χ0) is 11.7. The summed E-state index contributed by atoms with van der Waals surface area (Å²) in [5.74, 6) is 0.548. The lowest BCUT2D eigenvalue weighted by Crippen LogP contribution is -2.20. The van der Waals surface area contributed by atoms with E-state index >= 15 is 0 Å². The van der Waals surface area contributed by atoms with Crippen LogP contribution in [0.1, 0.15) is 12.0 Å². The topological polar surface area (TPSA) is 63.8 Å². The summed E-state index contributed by atoms with van der Waals surface area (Å²) in [6.07, 6.45) is 4.78. The Morgan fingerprint density at radius 1 is 1.24 bits per heavy atom. The molecular formula is C13H14N4. The van der Waals surface area contributed by atoms with Crippen LogP contribution in [0.5, 0.6) is 0 Å². The van der Waals surface area contributed by atoms with Crippen molar-refractivity contribution in [2.45, 2.75) is 6.42 Å². The number of aromatic nitrogens is 2. The van der Waals surface area contributed by atoms with Gasteiger partial charge in [-0.1, -0.05) is 12.1 Å². The maximum absolute atomic E-state index is 5.87. The number of benzene rings is 1. The Balaban J connectivity index is 2.12. The first-order valence-electron chi connectivity index (χ1n) is 5.75. The summed E-state index contributed by atoms with van der Waals surface area (Å²) in [5, 5.41) is 4.24. The molecule has 17 heavy (non-hydrogen) atoms. The molecule has 0 unspecified atom stereocenters. The summed E-state index contributed by atoms with van der Waals surface area (Å²) >= 11 is 0. The van der Waals surface area contributed by atoms with Gasteiger partial charge in [-0.15, -0.1) is 0 Å². The number of nitrogens with one attached hydrogen (secondary N) is 1. The molecule has 4 nitrogen and oxygen atoms in total. The molecule has 0 saturated heterocycles. The normalized spacial score (nSPS) is 15.9. The molecule has 2 aromatic rings. The Kier molecular flexibility index (Phi) is 2.49. The maximum Gasteiger partial charge on any atom is 0.134 e. The van der Waals surface area contributed by atoms with Gasteiger partial charge < -0.3 is 11.1 Å². The average Bonchev–Trinajstić information content (AvgIpc) is 2.40. The third-order valence-electron chi connectivity index (χ3n) is 3.10. The van der Waals surface area contributed by atoms with Crippen LogP contribution in [0.3, 0.4) is 0 Å². The molecule has 4 heteroatoms.